The molecule has 2 aromatic rings. The van der Waals surface area contributed by atoms with Gasteiger partial charge in [-0.25, -0.2) is 4.98 Å². The van der Waals surface area contributed by atoms with E-state index in [9.17, 15) is 4.79 Å². The first-order valence-electron chi connectivity index (χ1n) is 6.64. The molecule has 1 amide bonds. The first kappa shape index (κ1) is 16.4. The largest absolute Gasteiger partial charge is 0.321 e. The van der Waals surface area contributed by atoms with Gasteiger partial charge in [-0.2, -0.15) is 5.26 Å². The van der Waals surface area contributed by atoms with Gasteiger partial charge in [0.05, 0.1) is 16.8 Å². The fourth-order valence-corrected chi connectivity index (χ4v) is 3.03. The molecule has 0 aliphatic carbocycles. The molecule has 0 atom stereocenters. The summed E-state index contributed by atoms with van der Waals surface area (Å²) in [6, 6.07) is 13.2. The number of pyridine rings is 1. The van der Waals surface area contributed by atoms with Crippen molar-refractivity contribution in [1.29, 1.82) is 5.26 Å². The number of nitrogens with zero attached hydrogens (tertiary/aromatic N) is 2. The third-order valence-corrected chi connectivity index (χ3v) is 4.53. The molecule has 0 aliphatic heterocycles. The Morgan fingerprint density at radius 3 is 2.95 bits per heavy atom. The molecule has 0 unspecified atom stereocenters. The summed E-state index contributed by atoms with van der Waals surface area (Å²) in [6.07, 6.45) is 4.04. The summed E-state index contributed by atoms with van der Waals surface area (Å²) in [4.78, 5) is 17.5. The van der Waals surface area contributed by atoms with Crippen molar-refractivity contribution in [1.82, 2.24) is 4.98 Å². The van der Waals surface area contributed by atoms with E-state index in [4.69, 9.17) is 5.26 Å². The van der Waals surface area contributed by atoms with E-state index >= 15 is 0 Å². The number of benzene rings is 1. The van der Waals surface area contributed by atoms with E-state index in [0.717, 1.165) is 15.6 Å². The molecule has 0 aliphatic rings. The van der Waals surface area contributed by atoms with Gasteiger partial charge in [0.2, 0.25) is 0 Å². The first-order valence-corrected chi connectivity index (χ1v) is 8.86. The van der Waals surface area contributed by atoms with Crippen LogP contribution in [0.4, 0.5) is 5.69 Å². The Bertz CT molecular complexity index is 698. The monoisotopic (exact) mass is 329 g/mol. The van der Waals surface area contributed by atoms with E-state index in [1.807, 2.05) is 30.5 Å². The molecule has 22 heavy (non-hydrogen) atoms. The quantitative estimate of drug-likeness (QED) is 0.639. The zero-order valence-electron chi connectivity index (χ0n) is 12.1. The van der Waals surface area contributed by atoms with Crippen molar-refractivity contribution in [3.63, 3.8) is 0 Å². The molecule has 0 saturated heterocycles. The van der Waals surface area contributed by atoms with Gasteiger partial charge in [-0.1, -0.05) is 12.1 Å². The number of thioether (sulfide) groups is 2. The van der Waals surface area contributed by atoms with Crippen molar-refractivity contribution in [2.24, 2.45) is 0 Å². The Kier molecular flexibility index (Phi) is 6.31. The fourth-order valence-electron chi connectivity index (χ4n) is 1.76. The summed E-state index contributed by atoms with van der Waals surface area (Å²) in [7, 11) is 0. The molecule has 1 aromatic heterocycles. The summed E-state index contributed by atoms with van der Waals surface area (Å²) in [5, 5.41) is 12.4. The minimum atomic E-state index is -0.161. The molecule has 1 N–H and O–H groups in total. The van der Waals surface area contributed by atoms with Crippen LogP contribution in [0.15, 0.2) is 52.5 Å². The topological polar surface area (TPSA) is 65.8 Å². The number of carbonyl (C=O) groups excluding carboxylic acids is 1. The van der Waals surface area contributed by atoms with Crippen LogP contribution in [-0.2, 0) is 0 Å². The minimum absolute atomic E-state index is 0.161. The van der Waals surface area contributed by atoms with Crippen molar-refractivity contribution in [3.8, 4) is 6.07 Å². The van der Waals surface area contributed by atoms with Gasteiger partial charge < -0.3 is 5.32 Å². The summed E-state index contributed by atoms with van der Waals surface area (Å²) >= 11 is 3.06. The van der Waals surface area contributed by atoms with E-state index in [1.54, 1.807) is 30.1 Å². The number of hydrogen-bond donors (Lipinski definition) is 1. The van der Waals surface area contributed by atoms with E-state index in [0.29, 0.717) is 17.7 Å². The highest BCUT2D eigenvalue weighted by molar-refractivity contribution is 7.99. The highest BCUT2D eigenvalue weighted by atomic mass is 32.2. The molecular weight excluding hydrogens is 314 g/mol. The van der Waals surface area contributed by atoms with Crippen LogP contribution in [0.5, 0.6) is 0 Å². The number of para-hydroxylation sites is 1. The van der Waals surface area contributed by atoms with Crippen molar-refractivity contribution >= 4 is 35.1 Å². The summed E-state index contributed by atoms with van der Waals surface area (Å²) in [5.41, 5.74) is 1.34. The summed E-state index contributed by atoms with van der Waals surface area (Å²) in [6.45, 7) is 0. The highest BCUT2D eigenvalue weighted by Crippen LogP contribution is 2.28. The van der Waals surface area contributed by atoms with Gasteiger partial charge in [0, 0.05) is 28.8 Å². The van der Waals surface area contributed by atoms with Gasteiger partial charge in [0.15, 0.2) is 0 Å². The van der Waals surface area contributed by atoms with Crippen LogP contribution in [0, 0.1) is 11.3 Å². The van der Waals surface area contributed by atoms with Gasteiger partial charge in [-0.15, -0.1) is 23.5 Å². The number of rotatable bonds is 6. The Morgan fingerprint density at radius 1 is 1.36 bits per heavy atom. The number of carbonyl (C=O) groups is 1. The number of nitrogens with one attached hydrogen (secondary N) is 1. The Hall–Kier alpha value is -1.97. The van der Waals surface area contributed by atoms with Crippen molar-refractivity contribution in [2.45, 2.75) is 16.3 Å². The molecule has 0 bridgehead atoms. The molecule has 1 heterocycles. The van der Waals surface area contributed by atoms with Crippen LogP contribution in [0.1, 0.15) is 16.8 Å². The number of nitriles is 1. The van der Waals surface area contributed by atoms with Crippen LogP contribution in [0.25, 0.3) is 0 Å². The van der Waals surface area contributed by atoms with Gasteiger partial charge in [0.1, 0.15) is 0 Å². The third kappa shape index (κ3) is 4.52. The normalized spacial score (nSPS) is 10.0. The smallest absolute Gasteiger partial charge is 0.255 e. The molecule has 2 rings (SSSR count). The lowest BCUT2D eigenvalue weighted by Gasteiger charge is -2.10. The molecule has 0 radical (unpaired) electrons. The standard InChI is InChI=1S/C16H15N3OS2/c1-21-15-11-12(7-9-18-15)16(20)19-13-5-2-3-6-14(13)22-10-4-8-17/h2-3,5-7,9,11H,4,10H2,1H3,(H,19,20). The van der Waals surface area contributed by atoms with Gasteiger partial charge in [-0.3, -0.25) is 4.79 Å². The third-order valence-electron chi connectivity index (χ3n) is 2.81. The maximum absolute atomic E-state index is 12.4. The van der Waals surface area contributed by atoms with Crippen molar-refractivity contribution in [2.75, 3.05) is 17.3 Å². The van der Waals surface area contributed by atoms with Crippen molar-refractivity contribution in [3.05, 3.63) is 48.2 Å². The zero-order chi connectivity index (χ0) is 15.8. The fraction of sp³-hybridized carbons (Fsp3) is 0.188. The Morgan fingerprint density at radius 2 is 2.18 bits per heavy atom. The number of anilines is 1. The summed E-state index contributed by atoms with van der Waals surface area (Å²) in [5.74, 6) is 0.543. The van der Waals surface area contributed by atoms with E-state index in [-0.39, 0.29) is 5.91 Å². The van der Waals surface area contributed by atoms with Gasteiger partial charge >= 0.3 is 0 Å². The molecule has 112 valence electrons. The molecule has 0 fully saturated rings. The maximum atomic E-state index is 12.4. The van der Waals surface area contributed by atoms with Gasteiger partial charge in [0.25, 0.3) is 5.91 Å². The molecule has 6 heteroatoms. The molecule has 1 aromatic carbocycles. The van der Waals surface area contributed by atoms with Crippen LogP contribution in [-0.4, -0.2) is 22.9 Å². The first-order chi connectivity index (χ1) is 10.7. The van der Waals surface area contributed by atoms with Crippen LogP contribution >= 0.6 is 23.5 Å². The Balaban J connectivity index is 2.12. The zero-order valence-corrected chi connectivity index (χ0v) is 13.7. The lowest BCUT2D eigenvalue weighted by atomic mass is 10.2. The SMILES string of the molecule is CSc1cc(C(=O)Nc2ccccc2SCCC#N)ccn1. The highest BCUT2D eigenvalue weighted by Gasteiger charge is 2.10. The van der Waals surface area contributed by atoms with E-state index in [2.05, 4.69) is 16.4 Å². The molecule has 4 nitrogen and oxygen atoms in total. The maximum Gasteiger partial charge on any atom is 0.255 e. The second-order valence-corrected chi connectivity index (χ2v) is 6.26. The van der Waals surface area contributed by atoms with E-state index in [1.165, 1.54) is 11.8 Å². The predicted octanol–water partition coefficient (Wildman–Crippen LogP) is 4.06. The average molecular weight is 329 g/mol. The Labute approximate surface area is 138 Å². The summed E-state index contributed by atoms with van der Waals surface area (Å²) < 4.78 is 0. The lowest BCUT2D eigenvalue weighted by molar-refractivity contribution is 0.102. The number of amides is 1. The second kappa shape index (κ2) is 8.47. The van der Waals surface area contributed by atoms with Gasteiger partial charge in [-0.05, 0) is 30.5 Å². The number of aromatic nitrogens is 1. The molecular formula is C16H15N3OS2. The second-order valence-electron chi connectivity index (χ2n) is 4.29. The lowest BCUT2D eigenvalue weighted by Crippen LogP contribution is -2.12. The predicted molar refractivity (Wildman–Crippen MR) is 91.4 cm³/mol. The van der Waals surface area contributed by atoms with Crippen molar-refractivity contribution < 1.29 is 4.79 Å². The van der Waals surface area contributed by atoms with Crippen LogP contribution in [0.2, 0.25) is 0 Å². The van der Waals surface area contributed by atoms with E-state index < -0.39 is 0 Å². The number of hydrogen-bond acceptors (Lipinski definition) is 5. The minimum Gasteiger partial charge on any atom is -0.321 e. The van der Waals surface area contributed by atoms with Crippen LogP contribution < -0.4 is 5.32 Å². The molecule has 0 saturated carbocycles. The molecule has 0 spiro atoms. The average Bonchev–Trinajstić information content (AvgIpc) is 2.56. The van der Waals surface area contributed by atoms with Crippen LogP contribution in [0.3, 0.4) is 0 Å².